The van der Waals surface area contributed by atoms with E-state index in [2.05, 4.69) is 34.6 Å². The summed E-state index contributed by atoms with van der Waals surface area (Å²) in [7, 11) is 1.63. The quantitative estimate of drug-likeness (QED) is 0.777. The van der Waals surface area contributed by atoms with Crippen molar-refractivity contribution in [3.05, 3.63) is 65.7 Å². The Balaban J connectivity index is 2.01. The molecule has 0 saturated heterocycles. The number of carbonyl (C=O) groups is 1. The smallest absolute Gasteiger partial charge is 0.251 e. The number of H-pyrrole nitrogens is 1. The molecule has 0 aliphatic heterocycles. The molecule has 0 aliphatic rings. The minimum absolute atomic E-state index is 0.109. The van der Waals surface area contributed by atoms with Crippen molar-refractivity contribution in [3.63, 3.8) is 0 Å². The van der Waals surface area contributed by atoms with Crippen molar-refractivity contribution in [2.45, 2.75) is 6.92 Å². The molecule has 4 heteroatoms. The molecule has 0 saturated carbocycles. The SMILES string of the molecule is CNC(=O)c1ccccc1-c1cc(-c2ccc(C)cc2)n[nH]1. The Morgan fingerprint density at radius 2 is 1.82 bits per heavy atom. The third-order valence-electron chi connectivity index (χ3n) is 3.61. The highest BCUT2D eigenvalue weighted by molar-refractivity contribution is 6.00. The Hall–Kier alpha value is -2.88. The second-order valence-corrected chi connectivity index (χ2v) is 5.16. The first-order valence-electron chi connectivity index (χ1n) is 7.13. The first kappa shape index (κ1) is 14.1. The van der Waals surface area contributed by atoms with E-state index >= 15 is 0 Å². The van der Waals surface area contributed by atoms with Crippen LogP contribution in [-0.4, -0.2) is 23.2 Å². The number of nitrogens with zero attached hydrogens (tertiary/aromatic N) is 1. The van der Waals surface area contributed by atoms with Crippen molar-refractivity contribution in [2.24, 2.45) is 0 Å². The molecule has 0 fully saturated rings. The zero-order valence-corrected chi connectivity index (χ0v) is 12.6. The zero-order valence-electron chi connectivity index (χ0n) is 12.6. The van der Waals surface area contributed by atoms with E-state index in [-0.39, 0.29) is 5.91 Å². The maximum absolute atomic E-state index is 12.0. The molecule has 1 amide bonds. The summed E-state index contributed by atoms with van der Waals surface area (Å²) in [6, 6.07) is 17.6. The number of benzene rings is 2. The lowest BCUT2D eigenvalue weighted by molar-refractivity contribution is 0.0963. The molecule has 0 unspecified atom stereocenters. The number of hydrogen-bond donors (Lipinski definition) is 2. The molecule has 2 N–H and O–H groups in total. The van der Waals surface area contributed by atoms with E-state index in [0.717, 1.165) is 22.5 Å². The average molecular weight is 291 g/mol. The van der Waals surface area contributed by atoms with Gasteiger partial charge in [0, 0.05) is 23.7 Å². The van der Waals surface area contributed by atoms with Crippen LogP contribution in [0.4, 0.5) is 0 Å². The van der Waals surface area contributed by atoms with E-state index in [1.165, 1.54) is 5.56 Å². The predicted molar refractivity (Wildman–Crippen MR) is 87.6 cm³/mol. The molecule has 0 aliphatic carbocycles. The van der Waals surface area contributed by atoms with Crippen LogP contribution < -0.4 is 5.32 Å². The summed E-state index contributed by atoms with van der Waals surface area (Å²) in [5.41, 5.74) is 5.42. The number of carbonyl (C=O) groups excluding carboxylic acids is 1. The molecule has 0 radical (unpaired) electrons. The molecule has 4 nitrogen and oxygen atoms in total. The van der Waals surface area contributed by atoms with Crippen LogP contribution in [0.5, 0.6) is 0 Å². The van der Waals surface area contributed by atoms with Crippen LogP contribution in [-0.2, 0) is 0 Å². The van der Waals surface area contributed by atoms with E-state index in [1.54, 1.807) is 13.1 Å². The lowest BCUT2D eigenvalue weighted by Gasteiger charge is -2.05. The van der Waals surface area contributed by atoms with Crippen LogP contribution in [0.2, 0.25) is 0 Å². The molecule has 1 heterocycles. The monoisotopic (exact) mass is 291 g/mol. The molecule has 2 aromatic carbocycles. The highest BCUT2D eigenvalue weighted by atomic mass is 16.1. The molecule has 3 aromatic rings. The number of rotatable bonds is 3. The Labute approximate surface area is 129 Å². The largest absolute Gasteiger partial charge is 0.355 e. The Morgan fingerprint density at radius 3 is 2.55 bits per heavy atom. The van der Waals surface area contributed by atoms with Gasteiger partial charge in [-0.2, -0.15) is 5.10 Å². The van der Waals surface area contributed by atoms with E-state index in [9.17, 15) is 4.79 Å². The highest BCUT2D eigenvalue weighted by Crippen LogP contribution is 2.26. The predicted octanol–water partition coefficient (Wildman–Crippen LogP) is 3.41. The van der Waals surface area contributed by atoms with Crippen LogP contribution in [0.25, 0.3) is 22.5 Å². The van der Waals surface area contributed by atoms with Gasteiger partial charge in [-0.1, -0.05) is 48.0 Å². The van der Waals surface area contributed by atoms with Crippen molar-refractivity contribution in [1.29, 1.82) is 0 Å². The first-order chi connectivity index (χ1) is 10.7. The fourth-order valence-corrected chi connectivity index (χ4v) is 2.38. The lowest BCUT2D eigenvalue weighted by atomic mass is 10.0. The van der Waals surface area contributed by atoms with Crippen molar-refractivity contribution in [1.82, 2.24) is 15.5 Å². The molecule has 0 bridgehead atoms. The summed E-state index contributed by atoms with van der Waals surface area (Å²) in [5, 5.41) is 10.0. The number of amides is 1. The Bertz CT molecular complexity index is 803. The standard InChI is InChI=1S/C18H17N3O/c1-12-7-9-13(10-8-12)16-11-17(21-20-16)14-5-3-4-6-15(14)18(22)19-2/h3-11H,1-2H3,(H,19,22)(H,20,21). The van der Waals surface area contributed by atoms with Gasteiger partial charge in [-0.3, -0.25) is 9.89 Å². The number of aryl methyl sites for hydroxylation is 1. The van der Waals surface area contributed by atoms with Gasteiger partial charge in [-0.25, -0.2) is 0 Å². The molecular weight excluding hydrogens is 274 g/mol. The van der Waals surface area contributed by atoms with Crippen LogP contribution >= 0.6 is 0 Å². The van der Waals surface area contributed by atoms with Gasteiger partial charge in [0.1, 0.15) is 0 Å². The number of aromatic nitrogens is 2. The third-order valence-corrected chi connectivity index (χ3v) is 3.61. The summed E-state index contributed by atoms with van der Waals surface area (Å²) in [4.78, 5) is 12.0. The van der Waals surface area contributed by atoms with Gasteiger partial charge in [0.25, 0.3) is 5.91 Å². The molecule has 0 atom stereocenters. The van der Waals surface area contributed by atoms with Gasteiger partial charge in [-0.05, 0) is 19.1 Å². The number of hydrogen-bond acceptors (Lipinski definition) is 2. The van der Waals surface area contributed by atoms with Crippen LogP contribution in [0.15, 0.2) is 54.6 Å². The summed E-state index contributed by atoms with van der Waals surface area (Å²) >= 11 is 0. The van der Waals surface area contributed by atoms with Crippen LogP contribution in [0.1, 0.15) is 15.9 Å². The lowest BCUT2D eigenvalue weighted by Crippen LogP contribution is -2.18. The fraction of sp³-hybridized carbons (Fsp3) is 0.111. The normalized spacial score (nSPS) is 10.5. The maximum atomic E-state index is 12.0. The van der Waals surface area contributed by atoms with Gasteiger partial charge in [0.05, 0.1) is 11.4 Å². The Morgan fingerprint density at radius 1 is 1.09 bits per heavy atom. The number of nitrogens with one attached hydrogen (secondary N) is 2. The number of aromatic amines is 1. The summed E-state index contributed by atoms with van der Waals surface area (Å²) < 4.78 is 0. The fourth-order valence-electron chi connectivity index (χ4n) is 2.38. The van der Waals surface area contributed by atoms with Crippen molar-refractivity contribution >= 4 is 5.91 Å². The van der Waals surface area contributed by atoms with E-state index in [4.69, 9.17) is 0 Å². The molecule has 3 rings (SSSR count). The maximum Gasteiger partial charge on any atom is 0.251 e. The van der Waals surface area contributed by atoms with Crippen LogP contribution in [0, 0.1) is 6.92 Å². The van der Waals surface area contributed by atoms with E-state index in [0.29, 0.717) is 5.56 Å². The molecule has 22 heavy (non-hydrogen) atoms. The summed E-state index contributed by atoms with van der Waals surface area (Å²) in [6.45, 7) is 2.05. The highest BCUT2D eigenvalue weighted by Gasteiger charge is 2.13. The van der Waals surface area contributed by atoms with Gasteiger partial charge in [-0.15, -0.1) is 0 Å². The van der Waals surface area contributed by atoms with E-state index in [1.807, 2.05) is 36.4 Å². The van der Waals surface area contributed by atoms with Gasteiger partial charge in [0.2, 0.25) is 0 Å². The topological polar surface area (TPSA) is 57.8 Å². The minimum Gasteiger partial charge on any atom is -0.355 e. The second-order valence-electron chi connectivity index (χ2n) is 5.16. The molecule has 0 spiro atoms. The zero-order chi connectivity index (χ0) is 15.5. The van der Waals surface area contributed by atoms with Crippen molar-refractivity contribution in [3.8, 4) is 22.5 Å². The third kappa shape index (κ3) is 2.63. The second kappa shape index (κ2) is 5.85. The van der Waals surface area contributed by atoms with Crippen molar-refractivity contribution < 1.29 is 4.79 Å². The molecular formula is C18H17N3O. The van der Waals surface area contributed by atoms with Gasteiger partial charge < -0.3 is 5.32 Å². The first-order valence-corrected chi connectivity index (χ1v) is 7.13. The van der Waals surface area contributed by atoms with Crippen molar-refractivity contribution in [2.75, 3.05) is 7.05 Å². The van der Waals surface area contributed by atoms with Crippen LogP contribution in [0.3, 0.4) is 0 Å². The molecule has 110 valence electrons. The van der Waals surface area contributed by atoms with E-state index < -0.39 is 0 Å². The summed E-state index contributed by atoms with van der Waals surface area (Å²) in [5.74, 6) is -0.109. The van der Waals surface area contributed by atoms with Gasteiger partial charge in [0.15, 0.2) is 0 Å². The Kier molecular flexibility index (Phi) is 3.74. The summed E-state index contributed by atoms with van der Waals surface area (Å²) in [6.07, 6.45) is 0. The van der Waals surface area contributed by atoms with Gasteiger partial charge >= 0.3 is 0 Å². The average Bonchev–Trinajstić information content (AvgIpc) is 3.04. The molecule has 1 aromatic heterocycles. The minimum atomic E-state index is -0.109.